The van der Waals surface area contributed by atoms with Crippen molar-refractivity contribution >= 4 is 23.3 Å². The van der Waals surface area contributed by atoms with E-state index in [1.807, 2.05) is 0 Å². The van der Waals surface area contributed by atoms with E-state index in [4.69, 9.17) is 4.74 Å². The third-order valence-electron chi connectivity index (χ3n) is 4.80. The molecule has 0 bridgehead atoms. The van der Waals surface area contributed by atoms with Crippen LogP contribution in [0.5, 0.6) is 0 Å². The van der Waals surface area contributed by atoms with Crippen molar-refractivity contribution in [2.45, 2.75) is 32.0 Å². The molecule has 2 atom stereocenters. The Kier molecular flexibility index (Phi) is 6.79. The van der Waals surface area contributed by atoms with Crippen LogP contribution in [0, 0.1) is 23.3 Å². The largest absolute Gasteiger partial charge is 0.461 e. The van der Waals surface area contributed by atoms with Crippen molar-refractivity contribution in [1.82, 2.24) is 0 Å². The molecule has 0 spiro atoms. The topological polar surface area (TPSA) is 78.9 Å². The fourth-order valence-electron chi connectivity index (χ4n) is 3.39. The Balaban J connectivity index is 1.85. The first kappa shape index (κ1) is 22.5. The van der Waals surface area contributed by atoms with Crippen molar-refractivity contribution < 1.29 is 37.0 Å². The van der Waals surface area contributed by atoms with Crippen LogP contribution >= 0.6 is 0 Å². The van der Waals surface area contributed by atoms with Crippen LogP contribution in [-0.2, 0) is 9.53 Å². The Morgan fingerprint density at radius 2 is 1.71 bits per heavy atom. The van der Waals surface area contributed by atoms with Gasteiger partial charge in [0.05, 0.1) is 18.3 Å². The molecule has 1 saturated heterocycles. The number of ether oxygens (including phenoxy) is 1. The maximum absolute atomic E-state index is 14.5. The van der Waals surface area contributed by atoms with E-state index in [-0.39, 0.29) is 30.0 Å². The van der Waals surface area contributed by atoms with Gasteiger partial charge in [0.25, 0.3) is 5.91 Å². The molecule has 1 aliphatic heterocycles. The molecule has 2 N–H and O–H groups in total. The summed E-state index contributed by atoms with van der Waals surface area (Å²) in [6.07, 6.45) is -0.641. The predicted molar refractivity (Wildman–Crippen MR) is 104 cm³/mol. The van der Waals surface area contributed by atoms with Gasteiger partial charge in [0.15, 0.2) is 17.5 Å². The number of rotatable bonds is 4. The highest BCUT2D eigenvalue weighted by atomic mass is 19.2. The molecule has 0 radical (unpaired) electrons. The van der Waals surface area contributed by atoms with Gasteiger partial charge in [0.2, 0.25) is 0 Å². The number of nitrogens with zero attached hydrogens (tertiary/aromatic N) is 1. The number of halogens is 4. The molecule has 3 rings (SSSR count). The van der Waals surface area contributed by atoms with Crippen molar-refractivity contribution in [3.05, 3.63) is 59.2 Å². The van der Waals surface area contributed by atoms with Gasteiger partial charge < -0.3 is 20.1 Å². The summed E-state index contributed by atoms with van der Waals surface area (Å²) in [7, 11) is 0. The summed E-state index contributed by atoms with van der Waals surface area (Å²) in [4.78, 5) is 25.3. The molecular weight excluding hydrogens is 420 g/mol. The number of hydrogen-bond donors (Lipinski definition) is 2. The number of aliphatic hydroxyl groups is 1. The van der Waals surface area contributed by atoms with Crippen LogP contribution in [0.25, 0.3) is 0 Å². The highest BCUT2D eigenvalue weighted by Gasteiger charge is 2.27. The zero-order chi connectivity index (χ0) is 22.7. The van der Waals surface area contributed by atoms with Gasteiger partial charge in [-0.1, -0.05) is 0 Å². The summed E-state index contributed by atoms with van der Waals surface area (Å²) >= 11 is 0. The number of amides is 1. The number of carbonyl (C=O) groups excluding carboxylic acids is 2. The second-order valence-corrected chi connectivity index (χ2v) is 7.24. The number of esters is 1. The monoisotopic (exact) mass is 440 g/mol. The average molecular weight is 440 g/mol. The maximum Gasteiger partial charge on any atom is 0.302 e. The van der Waals surface area contributed by atoms with Crippen LogP contribution in [0.4, 0.5) is 28.9 Å². The minimum Gasteiger partial charge on any atom is -0.461 e. The van der Waals surface area contributed by atoms with Gasteiger partial charge in [0.1, 0.15) is 11.9 Å². The van der Waals surface area contributed by atoms with Gasteiger partial charge in [-0.05, 0) is 31.0 Å². The molecular formula is C21H20F4N2O4. The van der Waals surface area contributed by atoms with Crippen LogP contribution in [0.2, 0.25) is 0 Å². The molecule has 1 heterocycles. The first-order chi connectivity index (χ1) is 14.6. The van der Waals surface area contributed by atoms with Gasteiger partial charge in [0, 0.05) is 36.9 Å². The van der Waals surface area contributed by atoms with Gasteiger partial charge in [-0.2, -0.15) is 0 Å². The van der Waals surface area contributed by atoms with E-state index >= 15 is 0 Å². The molecule has 0 unspecified atom stereocenters. The van der Waals surface area contributed by atoms with E-state index in [1.165, 1.54) is 24.0 Å². The number of aliphatic hydroxyl groups excluding tert-OH is 1. The molecule has 10 heteroatoms. The van der Waals surface area contributed by atoms with E-state index < -0.39 is 47.4 Å². The van der Waals surface area contributed by atoms with E-state index in [1.54, 1.807) is 0 Å². The van der Waals surface area contributed by atoms with Gasteiger partial charge in [-0.25, -0.2) is 17.6 Å². The third kappa shape index (κ3) is 5.52. The molecule has 2 aromatic carbocycles. The Hall–Kier alpha value is -3.14. The summed E-state index contributed by atoms with van der Waals surface area (Å²) in [6, 6.07) is 4.66. The standard InChI is InChI=1S/C21H20F4N2O4/c1-11(28)31-15-4-3-14(29)9-27(10-15)19-6-12(2-5-16(19)22)21(30)26-13-7-17(23)20(25)18(24)8-13/h2,5-8,14-15,29H,3-4,9-10H2,1H3,(H,26,30)/t14-,15+/m0/s1. The van der Waals surface area contributed by atoms with Crippen LogP contribution < -0.4 is 10.2 Å². The minimum absolute atomic E-state index is 0.0118. The van der Waals surface area contributed by atoms with Gasteiger partial charge >= 0.3 is 5.97 Å². The first-order valence-electron chi connectivity index (χ1n) is 9.49. The fraction of sp³-hybridized carbons (Fsp3) is 0.333. The number of β-amino-alcohol motifs (C(OH)–C–C–N with tert-alkyl or cyclic N) is 1. The summed E-state index contributed by atoms with van der Waals surface area (Å²) < 4.78 is 59.6. The fourth-order valence-corrected chi connectivity index (χ4v) is 3.39. The molecule has 1 amide bonds. The van der Waals surface area contributed by atoms with Crippen molar-refractivity contribution in [1.29, 1.82) is 0 Å². The Morgan fingerprint density at radius 3 is 2.35 bits per heavy atom. The zero-order valence-electron chi connectivity index (χ0n) is 16.5. The van der Waals surface area contributed by atoms with Crippen LogP contribution in [0.15, 0.2) is 30.3 Å². The smallest absolute Gasteiger partial charge is 0.302 e. The Labute approximate surface area is 175 Å². The highest BCUT2D eigenvalue weighted by molar-refractivity contribution is 6.04. The number of hydrogen-bond acceptors (Lipinski definition) is 5. The molecule has 0 aromatic heterocycles. The third-order valence-corrected chi connectivity index (χ3v) is 4.80. The van der Waals surface area contributed by atoms with E-state index in [2.05, 4.69) is 5.32 Å². The molecule has 166 valence electrons. The lowest BCUT2D eigenvalue weighted by Crippen LogP contribution is -2.36. The van der Waals surface area contributed by atoms with Crippen LogP contribution in [0.1, 0.15) is 30.1 Å². The van der Waals surface area contributed by atoms with Crippen LogP contribution in [0.3, 0.4) is 0 Å². The zero-order valence-corrected chi connectivity index (χ0v) is 16.5. The normalized spacial score (nSPS) is 19.0. The number of benzene rings is 2. The number of carbonyl (C=O) groups is 2. The van der Waals surface area contributed by atoms with Gasteiger partial charge in [-0.15, -0.1) is 0 Å². The quantitative estimate of drug-likeness (QED) is 0.433. The highest BCUT2D eigenvalue weighted by Crippen LogP contribution is 2.26. The molecule has 1 aliphatic rings. The molecule has 0 saturated carbocycles. The van der Waals surface area contributed by atoms with Crippen LogP contribution in [-0.4, -0.2) is 42.3 Å². The van der Waals surface area contributed by atoms with E-state index in [0.29, 0.717) is 25.0 Å². The predicted octanol–water partition coefficient (Wildman–Crippen LogP) is 3.39. The lowest BCUT2D eigenvalue weighted by atomic mass is 10.1. The van der Waals surface area contributed by atoms with Crippen molar-refractivity contribution in [2.75, 3.05) is 23.3 Å². The maximum atomic E-state index is 14.5. The lowest BCUT2D eigenvalue weighted by molar-refractivity contribution is -0.146. The molecule has 31 heavy (non-hydrogen) atoms. The number of nitrogens with one attached hydrogen (secondary N) is 1. The molecule has 6 nitrogen and oxygen atoms in total. The summed E-state index contributed by atoms with van der Waals surface area (Å²) in [6.45, 7) is 1.40. The lowest BCUT2D eigenvalue weighted by Gasteiger charge is -2.27. The Bertz CT molecular complexity index is 978. The number of anilines is 2. The average Bonchev–Trinajstić information content (AvgIpc) is 2.87. The van der Waals surface area contributed by atoms with E-state index in [9.17, 15) is 32.3 Å². The molecule has 1 fully saturated rings. The summed E-state index contributed by atoms with van der Waals surface area (Å²) in [5, 5.41) is 12.4. The second kappa shape index (κ2) is 9.34. The van der Waals surface area contributed by atoms with Crippen molar-refractivity contribution in [2.24, 2.45) is 0 Å². The molecule has 0 aliphatic carbocycles. The minimum atomic E-state index is -1.66. The second-order valence-electron chi connectivity index (χ2n) is 7.24. The summed E-state index contributed by atoms with van der Waals surface area (Å²) in [5.74, 6) is -6.59. The first-order valence-corrected chi connectivity index (χ1v) is 9.49. The van der Waals surface area contributed by atoms with Gasteiger partial charge in [-0.3, -0.25) is 9.59 Å². The SMILES string of the molecule is CC(=O)O[C@@H]1CC[C@H](O)CN(c2cc(C(=O)Nc3cc(F)c(F)c(F)c3)ccc2F)C1. The Morgan fingerprint density at radius 1 is 1.03 bits per heavy atom. The van der Waals surface area contributed by atoms with Crippen molar-refractivity contribution in [3.8, 4) is 0 Å². The van der Waals surface area contributed by atoms with E-state index in [0.717, 1.165) is 6.07 Å². The summed E-state index contributed by atoms with van der Waals surface area (Å²) in [5.41, 5.74) is -0.362. The van der Waals surface area contributed by atoms with Crippen molar-refractivity contribution in [3.63, 3.8) is 0 Å². The molecule has 2 aromatic rings.